The number of aromatic nitrogens is 3. The number of para-hydroxylation sites is 1. The van der Waals surface area contributed by atoms with E-state index in [4.69, 9.17) is 16.1 Å². The van der Waals surface area contributed by atoms with Crippen LogP contribution in [0.5, 0.6) is 0 Å². The molecule has 0 bridgehead atoms. The first-order valence-corrected chi connectivity index (χ1v) is 9.70. The van der Waals surface area contributed by atoms with Crippen LogP contribution < -0.4 is 4.90 Å². The summed E-state index contributed by atoms with van der Waals surface area (Å²) in [6.07, 6.45) is 2.73. The molecule has 0 saturated carbocycles. The second-order valence-electron chi connectivity index (χ2n) is 6.88. The minimum Gasteiger partial charge on any atom is -0.334 e. The van der Waals surface area contributed by atoms with Crippen molar-refractivity contribution >= 4 is 23.2 Å². The number of fused-ring (bicyclic) bond motifs is 1. The van der Waals surface area contributed by atoms with E-state index in [0.29, 0.717) is 29.0 Å². The number of hydrogen-bond donors (Lipinski definition) is 0. The van der Waals surface area contributed by atoms with Gasteiger partial charge in [0.25, 0.3) is 5.89 Å². The summed E-state index contributed by atoms with van der Waals surface area (Å²) in [5.74, 6) is 0.844. The third kappa shape index (κ3) is 3.32. The van der Waals surface area contributed by atoms with E-state index in [1.54, 1.807) is 12.1 Å². The maximum absolute atomic E-state index is 12.9. The first-order chi connectivity index (χ1) is 14.2. The van der Waals surface area contributed by atoms with Gasteiger partial charge in [-0.25, -0.2) is 0 Å². The van der Waals surface area contributed by atoms with Crippen LogP contribution >= 0.6 is 11.6 Å². The van der Waals surface area contributed by atoms with Gasteiger partial charge in [0.05, 0.1) is 0 Å². The summed E-state index contributed by atoms with van der Waals surface area (Å²) in [4.78, 5) is 19.3. The van der Waals surface area contributed by atoms with Crippen LogP contribution in [-0.4, -0.2) is 27.2 Å². The number of benzene rings is 2. The third-order valence-corrected chi connectivity index (χ3v) is 5.29. The lowest BCUT2D eigenvalue weighted by Crippen LogP contribution is -2.32. The van der Waals surface area contributed by atoms with Crippen molar-refractivity contribution in [1.82, 2.24) is 14.7 Å². The van der Waals surface area contributed by atoms with E-state index in [-0.39, 0.29) is 12.5 Å². The van der Waals surface area contributed by atoms with E-state index in [1.807, 2.05) is 58.1 Å². The van der Waals surface area contributed by atoms with Crippen molar-refractivity contribution in [3.05, 3.63) is 77.4 Å². The van der Waals surface area contributed by atoms with Gasteiger partial charge in [-0.15, -0.1) is 0 Å². The molecule has 0 fully saturated rings. The van der Waals surface area contributed by atoms with Crippen LogP contribution in [0, 0.1) is 0 Å². The van der Waals surface area contributed by atoms with Gasteiger partial charge in [-0.3, -0.25) is 4.79 Å². The molecule has 0 N–H and O–H groups in total. The molecule has 5 rings (SSSR count). The lowest BCUT2D eigenvalue weighted by atomic mass is 10.2. The Labute approximate surface area is 172 Å². The van der Waals surface area contributed by atoms with E-state index >= 15 is 0 Å². The van der Waals surface area contributed by atoms with Gasteiger partial charge < -0.3 is 14.0 Å². The smallest absolute Gasteiger partial charge is 0.274 e. The standard InChI is InChI=1S/C22H17ClN4O2/c23-17-7-3-6-16(13-17)21-24-22(29-25-21)19-9-4-11-26(19)14-20(28)27-12-10-15-5-1-2-8-18(15)27/h1-9,11,13H,10,12,14H2. The van der Waals surface area contributed by atoms with Crippen LogP contribution in [0.15, 0.2) is 71.4 Å². The van der Waals surface area contributed by atoms with Gasteiger partial charge in [0.1, 0.15) is 12.2 Å². The lowest BCUT2D eigenvalue weighted by Gasteiger charge is -2.18. The van der Waals surface area contributed by atoms with Gasteiger partial charge in [-0.1, -0.05) is 47.1 Å². The molecule has 0 atom stereocenters. The van der Waals surface area contributed by atoms with E-state index in [2.05, 4.69) is 16.2 Å². The largest absolute Gasteiger partial charge is 0.334 e. The molecule has 0 saturated heterocycles. The molecular weight excluding hydrogens is 388 g/mol. The molecule has 0 unspecified atom stereocenters. The Balaban J connectivity index is 1.39. The Morgan fingerprint density at radius 1 is 1.10 bits per heavy atom. The highest BCUT2D eigenvalue weighted by molar-refractivity contribution is 6.30. The summed E-state index contributed by atoms with van der Waals surface area (Å²) in [6.45, 7) is 0.903. The third-order valence-electron chi connectivity index (χ3n) is 5.05. The van der Waals surface area contributed by atoms with Crippen LogP contribution in [0.1, 0.15) is 5.56 Å². The molecule has 1 aliphatic rings. The van der Waals surface area contributed by atoms with Crippen molar-refractivity contribution in [2.75, 3.05) is 11.4 Å². The predicted octanol–water partition coefficient (Wildman–Crippen LogP) is 4.45. The zero-order valence-electron chi connectivity index (χ0n) is 15.5. The fourth-order valence-electron chi connectivity index (χ4n) is 3.65. The zero-order valence-corrected chi connectivity index (χ0v) is 16.2. The molecule has 2 aromatic heterocycles. The number of halogens is 1. The topological polar surface area (TPSA) is 64.2 Å². The summed E-state index contributed by atoms with van der Waals surface area (Å²) in [5.41, 5.74) is 3.67. The highest BCUT2D eigenvalue weighted by Gasteiger charge is 2.25. The van der Waals surface area contributed by atoms with Crippen LogP contribution in [0.25, 0.3) is 23.0 Å². The Hall–Kier alpha value is -3.38. The van der Waals surface area contributed by atoms with E-state index < -0.39 is 0 Å². The molecule has 1 amide bonds. The molecule has 0 radical (unpaired) electrons. The second-order valence-corrected chi connectivity index (χ2v) is 7.32. The van der Waals surface area contributed by atoms with Gasteiger partial charge in [-0.05, 0) is 42.3 Å². The molecule has 7 heteroatoms. The molecule has 6 nitrogen and oxygen atoms in total. The summed E-state index contributed by atoms with van der Waals surface area (Å²) in [6, 6.07) is 19.0. The summed E-state index contributed by atoms with van der Waals surface area (Å²) in [5, 5.41) is 4.66. The number of carbonyl (C=O) groups excluding carboxylic acids is 1. The zero-order chi connectivity index (χ0) is 19.8. The van der Waals surface area contributed by atoms with E-state index in [1.165, 1.54) is 5.56 Å². The molecular formula is C22H17ClN4O2. The highest BCUT2D eigenvalue weighted by atomic mass is 35.5. The molecule has 2 aromatic carbocycles. The Kier molecular flexibility index (Phi) is 4.41. The first kappa shape index (κ1) is 17.7. The predicted molar refractivity (Wildman–Crippen MR) is 111 cm³/mol. The minimum absolute atomic E-state index is 0.0296. The minimum atomic E-state index is 0.0296. The van der Waals surface area contributed by atoms with Gasteiger partial charge in [0, 0.05) is 29.0 Å². The maximum atomic E-state index is 12.9. The van der Waals surface area contributed by atoms with Gasteiger partial charge in [-0.2, -0.15) is 4.98 Å². The lowest BCUT2D eigenvalue weighted by molar-refractivity contribution is -0.119. The van der Waals surface area contributed by atoms with Crippen molar-refractivity contribution in [2.45, 2.75) is 13.0 Å². The van der Waals surface area contributed by atoms with Crippen molar-refractivity contribution in [3.8, 4) is 23.0 Å². The average molecular weight is 405 g/mol. The fraction of sp³-hybridized carbons (Fsp3) is 0.136. The number of hydrogen-bond acceptors (Lipinski definition) is 4. The molecule has 0 aliphatic carbocycles. The first-order valence-electron chi connectivity index (χ1n) is 9.32. The van der Waals surface area contributed by atoms with Crippen LogP contribution in [0.2, 0.25) is 5.02 Å². The Morgan fingerprint density at radius 3 is 2.90 bits per heavy atom. The fourth-order valence-corrected chi connectivity index (χ4v) is 3.84. The van der Waals surface area contributed by atoms with Crippen molar-refractivity contribution in [3.63, 3.8) is 0 Å². The van der Waals surface area contributed by atoms with Crippen LogP contribution in [-0.2, 0) is 17.8 Å². The number of carbonyl (C=O) groups is 1. The molecule has 144 valence electrons. The van der Waals surface area contributed by atoms with Gasteiger partial charge in [0.2, 0.25) is 11.7 Å². The summed E-state index contributed by atoms with van der Waals surface area (Å²) >= 11 is 6.05. The number of amides is 1. The van der Waals surface area contributed by atoms with E-state index in [9.17, 15) is 4.79 Å². The second kappa shape index (κ2) is 7.22. The molecule has 0 spiro atoms. The SMILES string of the molecule is O=C(Cn1cccc1-c1nc(-c2cccc(Cl)c2)no1)N1CCc2ccccc21. The number of rotatable bonds is 4. The Bertz CT molecular complexity index is 1200. The number of nitrogens with zero attached hydrogens (tertiary/aromatic N) is 4. The Morgan fingerprint density at radius 2 is 2.00 bits per heavy atom. The number of anilines is 1. The van der Waals surface area contributed by atoms with Gasteiger partial charge >= 0.3 is 0 Å². The van der Waals surface area contributed by atoms with Crippen LogP contribution in [0.4, 0.5) is 5.69 Å². The maximum Gasteiger partial charge on any atom is 0.274 e. The normalized spacial score (nSPS) is 12.9. The van der Waals surface area contributed by atoms with Crippen molar-refractivity contribution < 1.29 is 9.32 Å². The summed E-state index contributed by atoms with van der Waals surface area (Å²) in [7, 11) is 0. The van der Waals surface area contributed by atoms with Gasteiger partial charge in [0.15, 0.2) is 0 Å². The summed E-state index contributed by atoms with van der Waals surface area (Å²) < 4.78 is 7.29. The molecule has 1 aliphatic heterocycles. The van der Waals surface area contributed by atoms with Crippen LogP contribution in [0.3, 0.4) is 0 Å². The molecule has 29 heavy (non-hydrogen) atoms. The van der Waals surface area contributed by atoms with E-state index in [0.717, 1.165) is 17.7 Å². The quantitative estimate of drug-likeness (QED) is 0.504. The highest BCUT2D eigenvalue weighted by Crippen LogP contribution is 2.29. The monoisotopic (exact) mass is 404 g/mol. The average Bonchev–Trinajstić information content (AvgIpc) is 3.47. The van der Waals surface area contributed by atoms with Crippen molar-refractivity contribution in [2.24, 2.45) is 0 Å². The molecule has 4 aromatic rings. The van der Waals surface area contributed by atoms with Crippen molar-refractivity contribution in [1.29, 1.82) is 0 Å². The molecule has 3 heterocycles.